The Hall–Kier alpha value is -2.81. The first kappa shape index (κ1) is 16.4. The zero-order valence-corrected chi connectivity index (χ0v) is 16.2. The summed E-state index contributed by atoms with van der Waals surface area (Å²) in [6.45, 7) is 6.69. The highest BCUT2D eigenvalue weighted by Crippen LogP contribution is 2.54. The highest BCUT2D eigenvalue weighted by atomic mass is 16.6. The first-order valence-corrected chi connectivity index (χ1v) is 9.50. The minimum absolute atomic E-state index is 0.0485. The Bertz CT molecular complexity index is 1050. The van der Waals surface area contributed by atoms with E-state index in [9.17, 15) is 0 Å². The summed E-state index contributed by atoms with van der Waals surface area (Å²) in [4.78, 5) is 0. The molecule has 0 spiro atoms. The van der Waals surface area contributed by atoms with E-state index >= 15 is 0 Å². The van der Waals surface area contributed by atoms with Gasteiger partial charge in [0.15, 0.2) is 23.8 Å². The first-order valence-electron chi connectivity index (χ1n) is 9.50. The Morgan fingerprint density at radius 1 is 0.889 bits per heavy atom. The average molecular weight is 358 g/mol. The molecule has 3 aromatic rings. The zero-order valence-electron chi connectivity index (χ0n) is 16.2. The molecule has 5 rings (SSSR count). The molecule has 0 saturated heterocycles. The third kappa shape index (κ3) is 2.24. The lowest BCUT2D eigenvalue weighted by molar-refractivity contribution is -0.661. The minimum Gasteiger partial charge on any atom is -0.481 e. The molecule has 0 saturated carbocycles. The van der Waals surface area contributed by atoms with Crippen LogP contribution in [-0.2, 0) is 12.5 Å². The molecule has 1 aliphatic heterocycles. The second-order valence-electron chi connectivity index (χ2n) is 8.16. The molecule has 0 amide bonds. The summed E-state index contributed by atoms with van der Waals surface area (Å²) >= 11 is 0. The Morgan fingerprint density at radius 3 is 2.30 bits per heavy atom. The molecule has 0 fully saturated rings. The maximum Gasteiger partial charge on any atom is 0.219 e. The number of fused-ring (bicyclic) bond motifs is 4. The average Bonchev–Trinajstić information content (AvgIpc) is 2.88. The van der Waals surface area contributed by atoms with Crippen molar-refractivity contribution in [3.05, 3.63) is 77.5 Å². The van der Waals surface area contributed by atoms with Crippen molar-refractivity contribution in [1.29, 1.82) is 0 Å². The third-order valence-electron chi connectivity index (χ3n) is 6.08. The number of hydrogen-bond acceptors (Lipinski definition) is 2. The molecule has 2 heterocycles. The van der Waals surface area contributed by atoms with Gasteiger partial charge in [-0.15, -0.1) is 0 Å². The van der Waals surface area contributed by atoms with Crippen LogP contribution in [0, 0.1) is 6.92 Å². The smallest absolute Gasteiger partial charge is 0.219 e. The molecule has 0 radical (unpaired) electrons. The lowest BCUT2D eigenvalue weighted by atomic mass is 9.84. The molecule has 2 unspecified atom stereocenters. The number of hydrogen-bond donors (Lipinski definition) is 0. The summed E-state index contributed by atoms with van der Waals surface area (Å²) in [6, 6.07) is 18.8. The molecular weight excluding hydrogens is 334 g/mol. The summed E-state index contributed by atoms with van der Waals surface area (Å²) in [7, 11) is 2.11. The van der Waals surface area contributed by atoms with Crippen molar-refractivity contribution >= 4 is 0 Å². The van der Waals surface area contributed by atoms with Crippen LogP contribution in [0.15, 0.2) is 60.8 Å². The van der Waals surface area contributed by atoms with Crippen LogP contribution >= 0.6 is 0 Å². The van der Waals surface area contributed by atoms with E-state index in [2.05, 4.69) is 68.9 Å². The molecule has 0 bridgehead atoms. The lowest BCUT2D eigenvalue weighted by Crippen LogP contribution is -2.40. The Kier molecular flexibility index (Phi) is 3.39. The molecule has 2 atom stereocenters. The fraction of sp³-hybridized carbons (Fsp3) is 0.292. The van der Waals surface area contributed by atoms with Crippen LogP contribution in [0.2, 0.25) is 0 Å². The van der Waals surface area contributed by atoms with E-state index in [0.29, 0.717) is 0 Å². The van der Waals surface area contributed by atoms with Gasteiger partial charge in [0, 0.05) is 17.0 Å². The van der Waals surface area contributed by atoms with Crippen LogP contribution in [-0.4, -0.2) is 6.10 Å². The fourth-order valence-corrected chi connectivity index (χ4v) is 4.62. The molecular formula is C24H24NO2+. The second-order valence-corrected chi connectivity index (χ2v) is 8.16. The van der Waals surface area contributed by atoms with Gasteiger partial charge in [-0.25, -0.2) is 4.57 Å². The Balaban J connectivity index is 1.77. The number of nitrogens with zero attached hydrogens (tertiary/aromatic N) is 1. The van der Waals surface area contributed by atoms with Crippen LogP contribution in [0.3, 0.4) is 0 Å². The van der Waals surface area contributed by atoms with Gasteiger partial charge in [-0.3, -0.25) is 0 Å². The molecule has 0 N–H and O–H groups in total. The van der Waals surface area contributed by atoms with E-state index in [4.69, 9.17) is 9.47 Å². The van der Waals surface area contributed by atoms with Gasteiger partial charge in [-0.1, -0.05) is 44.2 Å². The SMILES string of the molecule is Cc1ccccc1-c1c2c(cc[n+]1C)C(C)(C)C1Oc3ccccc3OC21. The van der Waals surface area contributed by atoms with E-state index in [-0.39, 0.29) is 17.6 Å². The molecule has 3 nitrogen and oxygen atoms in total. The van der Waals surface area contributed by atoms with Crippen molar-refractivity contribution in [2.75, 3.05) is 0 Å². The summed E-state index contributed by atoms with van der Waals surface area (Å²) in [5.74, 6) is 1.66. The van der Waals surface area contributed by atoms with E-state index in [1.54, 1.807) is 0 Å². The molecule has 2 aliphatic rings. The molecule has 1 aliphatic carbocycles. The summed E-state index contributed by atoms with van der Waals surface area (Å²) in [5, 5.41) is 0. The molecule has 2 aromatic carbocycles. The highest BCUT2D eigenvalue weighted by Gasteiger charge is 2.54. The lowest BCUT2D eigenvalue weighted by Gasteiger charge is -2.36. The van der Waals surface area contributed by atoms with Gasteiger partial charge >= 0.3 is 0 Å². The number of para-hydroxylation sites is 2. The van der Waals surface area contributed by atoms with E-state index in [1.807, 2.05) is 24.3 Å². The van der Waals surface area contributed by atoms with Gasteiger partial charge < -0.3 is 9.47 Å². The van der Waals surface area contributed by atoms with Gasteiger partial charge in [0.1, 0.15) is 13.2 Å². The Labute approximate surface area is 160 Å². The van der Waals surface area contributed by atoms with Crippen molar-refractivity contribution in [2.45, 2.75) is 38.4 Å². The van der Waals surface area contributed by atoms with E-state index < -0.39 is 0 Å². The number of aromatic nitrogens is 1. The maximum atomic E-state index is 6.54. The van der Waals surface area contributed by atoms with Gasteiger partial charge in [-0.2, -0.15) is 0 Å². The predicted molar refractivity (Wildman–Crippen MR) is 105 cm³/mol. The molecule has 1 aromatic heterocycles. The van der Waals surface area contributed by atoms with Crippen LogP contribution in [0.4, 0.5) is 0 Å². The summed E-state index contributed by atoms with van der Waals surface area (Å²) in [5.41, 5.74) is 6.14. The highest BCUT2D eigenvalue weighted by molar-refractivity contribution is 5.68. The number of benzene rings is 2. The second kappa shape index (κ2) is 5.59. The van der Waals surface area contributed by atoms with E-state index in [1.165, 1.54) is 27.9 Å². The van der Waals surface area contributed by atoms with Gasteiger partial charge in [-0.05, 0) is 36.2 Å². The van der Waals surface area contributed by atoms with Gasteiger partial charge in [0.05, 0.1) is 5.56 Å². The largest absolute Gasteiger partial charge is 0.481 e. The summed E-state index contributed by atoms with van der Waals surface area (Å²) < 4.78 is 15.2. The number of ether oxygens (including phenoxy) is 2. The molecule has 136 valence electrons. The van der Waals surface area contributed by atoms with Crippen LogP contribution < -0.4 is 14.0 Å². The molecule has 3 heteroatoms. The third-order valence-corrected chi connectivity index (χ3v) is 6.08. The first-order chi connectivity index (χ1) is 13.0. The normalized spacial score (nSPS) is 21.5. The number of pyridine rings is 1. The zero-order chi connectivity index (χ0) is 18.8. The van der Waals surface area contributed by atoms with Gasteiger partial charge in [0.2, 0.25) is 5.69 Å². The van der Waals surface area contributed by atoms with Crippen LogP contribution in [0.5, 0.6) is 11.5 Å². The number of aryl methyl sites for hydroxylation is 2. The summed E-state index contributed by atoms with van der Waals surface area (Å²) in [6.07, 6.45) is 1.99. The standard InChI is InChI=1S/C24H24NO2/c1-15-9-5-6-10-16(15)21-20-17(13-14-25(21)4)24(2,3)23-22(20)26-18-11-7-8-12-19(18)27-23/h5-14,22-23H,1-4H3/q+1. The van der Waals surface area contributed by atoms with E-state index in [0.717, 1.165) is 11.5 Å². The van der Waals surface area contributed by atoms with Crippen molar-refractivity contribution in [3.8, 4) is 22.8 Å². The van der Waals surface area contributed by atoms with Crippen molar-refractivity contribution in [3.63, 3.8) is 0 Å². The fourth-order valence-electron chi connectivity index (χ4n) is 4.62. The number of rotatable bonds is 1. The van der Waals surface area contributed by atoms with Crippen molar-refractivity contribution in [1.82, 2.24) is 0 Å². The maximum absolute atomic E-state index is 6.54. The molecule has 27 heavy (non-hydrogen) atoms. The van der Waals surface area contributed by atoms with Crippen LogP contribution in [0.25, 0.3) is 11.3 Å². The quantitative estimate of drug-likeness (QED) is 0.591. The van der Waals surface area contributed by atoms with Crippen molar-refractivity contribution in [2.24, 2.45) is 7.05 Å². The minimum atomic E-state index is -0.140. The van der Waals surface area contributed by atoms with Crippen LogP contribution in [0.1, 0.15) is 36.6 Å². The Morgan fingerprint density at radius 2 is 1.56 bits per heavy atom. The monoisotopic (exact) mass is 358 g/mol. The predicted octanol–water partition coefficient (Wildman–Crippen LogP) is 4.66. The van der Waals surface area contributed by atoms with Crippen molar-refractivity contribution < 1.29 is 14.0 Å². The van der Waals surface area contributed by atoms with Gasteiger partial charge in [0.25, 0.3) is 0 Å². The topological polar surface area (TPSA) is 22.3 Å².